The van der Waals surface area contributed by atoms with Crippen LogP contribution in [0.3, 0.4) is 0 Å². The third-order valence-corrected chi connectivity index (χ3v) is 9.04. The summed E-state index contributed by atoms with van der Waals surface area (Å²) in [7, 11) is 1.65. The number of ether oxygens (including phenoxy) is 2. The van der Waals surface area contributed by atoms with Gasteiger partial charge in [0.05, 0.1) is 13.0 Å². The SMILES string of the molecule is CCCCCC1CCC(C2CCC3C(CCCC3C(=O)Oc3ccc(OC)cc3)C2)CC1. The van der Waals surface area contributed by atoms with Gasteiger partial charge in [0.2, 0.25) is 0 Å². The van der Waals surface area contributed by atoms with Crippen LogP contribution in [-0.2, 0) is 4.79 Å². The fourth-order valence-corrected chi connectivity index (χ4v) is 7.19. The van der Waals surface area contributed by atoms with Gasteiger partial charge < -0.3 is 9.47 Å². The van der Waals surface area contributed by atoms with Crippen LogP contribution in [0.15, 0.2) is 24.3 Å². The van der Waals surface area contributed by atoms with Crippen molar-refractivity contribution in [3.8, 4) is 11.5 Å². The number of carbonyl (C=O) groups is 1. The highest BCUT2D eigenvalue weighted by molar-refractivity contribution is 5.75. The Kier molecular flexibility index (Phi) is 8.55. The van der Waals surface area contributed by atoms with E-state index in [9.17, 15) is 4.79 Å². The zero-order valence-electron chi connectivity index (χ0n) is 20.4. The summed E-state index contributed by atoms with van der Waals surface area (Å²) in [6, 6.07) is 7.39. The predicted octanol–water partition coefficient (Wildman–Crippen LogP) is 7.82. The first-order valence-corrected chi connectivity index (χ1v) is 13.5. The van der Waals surface area contributed by atoms with Gasteiger partial charge in [-0.1, -0.05) is 58.3 Å². The maximum absolute atomic E-state index is 13.1. The average Bonchev–Trinajstić information content (AvgIpc) is 2.84. The first kappa shape index (κ1) is 23.6. The van der Waals surface area contributed by atoms with Gasteiger partial charge in [0.15, 0.2) is 0 Å². The van der Waals surface area contributed by atoms with E-state index in [2.05, 4.69) is 6.92 Å². The van der Waals surface area contributed by atoms with E-state index < -0.39 is 0 Å². The monoisotopic (exact) mass is 440 g/mol. The van der Waals surface area contributed by atoms with E-state index in [-0.39, 0.29) is 11.9 Å². The van der Waals surface area contributed by atoms with E-state index in [1.54, 1.807) is 7.11 Å². The van der Waals surface area contributed by atoms with Gasteiger partial charge in [-0.15, -0.1) is 0 Å². The van der Waals surface area contributed by atoms with Crippen LogP contribution in [-0.4, -0.2) is 13.1 Å². The van der Waals surface area contributed by atoms with E-state index in [4.69, 9.17) is 9.47 Å². The molecule has 3 nitrogen and oxygen atoms in total. The molecule has 4 unspecified atom stereocenters. The Bertz CT molecular complexity index is 704. The zero-order chi connectivity index (χ0) is 22.3. The Morgan fingerprint density at radius 2 is 1.56 bits per heavy atom. The zero-order valence-corrected chi connectivity index (χ0v) is 20.4. The van der Waals surface area contributed by atoms with Gasteiger partial charge >= 0.3 is 5.97 Å². The van der Waals surface area contributed by atoms with Gasteiger partial charge in [0.1, 0.15) is 11.5 Å². The maximum Gasteiger partial charge on any atom is 0.314 e. The van der Waals surface area contributed by atoms with E-state index >= 15 is 0 Å². The lowest BCUT2D eigenvalue weighted by atomic mass is 9.59. The van der Waals surface area contributed by atoms with Crippen LogP contribution in [0.1, 0.15) is 96.8 Å². The van der Waals surface area contributed by atoms with Gasteiger partial charge in [0, 0.05) is 0 Å². The lowest BCUT2D eigenvalue weighted by Gasteiger charge is -2.46. The van der Waals surface area contributed by atoms with Crippen LogP contribution in [0, 0.1) is 35.5 Å². The van der Waals surface area contributed by atoms with E-state index in [0.717, 1.165) is 35.8 Å². The van der Waals surface area contributed by atoms with Gasteiger partial charge in [-0.3, -0.25) is 4.79 Å². The third-order valence-electron chi connectivity index (χ3n) is 9.04. The molecule has 3 heteroatoms. The number of hydrogen-bond acceptors (Lipinski definition) is 3. The molecule has 3 aliphatic rings. The molecule has 0 N–H and O–H groups in total. The fraction of sp³-hybridized carbons (Fsp3) is 0.759. The predicted molar refractivity (Wildman–Crippen MR) is 130 cm³/mol. The summed E-state index contributed by atoms with van der Waals surface area (Å²) >= 11 is 0. The molecule has 1 aromatic rings. The average molecular weight is 441 g/mol. The second-order valence-corrected chi connectivity index (χ2v) is 10.9. The molecular formula is C29H44O3. The summed E-state index contributed by atoms with van der Waals surface area (Å²) in [6.45, 7) is 2.31. The Hall–Kier alpha value is -1.51. The molecule has 3 fully saturated rings. The lowest BCUT2D eigenvalue weighted by Crippen LogP contribution is -2.40. The number of methoxy groups -OCH3 is 1. The minimum atomic E-state index is -0.00379. The minimum absolute atomic E-state index is 0.00379. The first-order valence-electron chi connectivity index (χ1n) is 13.5. The summed E-state index contributed by atoms with van der Waals surface area (Å²) in [5.41, 5.74) is 0. The van der Waals surface area contributed by atoms with Crippen LogP contribution in [0.25, 0.3) is 0 Å². The second kappa shape index (κ2) is 11.6. The van der Waals surface area contributed by atoms with E-state index in [1.807, 2.05) is 24.3 Å². The van der Waals surface area contributed by atoms with Crippen LogP contribution in [0.5, 0.6) is 11.5 Å². The molecule has 0 bridgehead atoms. The molecule has 0 saturated heterocycles. The Labute approximate surface area is 195 Å². The summed E-state index contributed by atoms with van der Waals surface area (Å²) in [5.74, 6) is 5.64. The summed E-state index contributed by atoms with van der Waals surface area (Å²) < 4.78 is 11.0. The Morgan fingerprint density at radius 3 is 2.28 bits per heavy atom. The molecule has 32 heavy (non-hydrogen) atoms. The minimum Gasteiger partial charge on any atom is -0.497 e. The highest BCUT2D eigenvalue weighted by Gasteiger charge is 2.43. The molecule has 0 radical (unpaired) electrons. The van der Waals surface area contributed by atoms with Crippen molar-refractivity contribution >= 4 is 5.97 Å². The maximum atomic E-state index is 13.1. The van der Waals surface area contributed by atoms with Gasteiger partial charge in [0.25, 0.3) is 0 Å². The number of hydrogen-bond donors (Lipinski definition) is 0. The molecule has 3 aliphatic carbocycles. The lowest BCUT2D eigenvalue weighted by molar-refractivity contribution is -0.144. The van der Waals surface area contributed by atoms with Gasteiger partial charge in [-0.05, 0) is 92.4 Å². The number of rotatable bonds is 8. The smallest absolute Gasteiger partial charge is 0.314 e. The van der Waals surface area contributed by atoms with E-state index in [1.165, 1.54) is 83.5 Å². The molecule has 4 rings (SSSR count). The highest BCUT2D eigenvalue weighted by Crippen LogP contribution is 2.50. The number of carbonyl (C=O) groups excluding carboxylic acids is 1. The Morgan fingerprint density at radius 1 is 0.844 bits per heavy atom. The van der Waals surface area contributed by atoms with Crippen molar-refractivity contribution in [3.05, 3.63) is 24.3 Å². The van der Waals surface area contributed by atoms with Crippen LogP contribution >= 0.6 is 0 Å². The molecular weight excluding hydrogens is 396 g/mol. The molecule has 1 aromatic carbocycles. The second-order valence-electron chi connectivity index (χ2n) is 10.9. The van der Waals surface area contributed by atoms with E-state index in [0.29, 0.717) is 11.7 Å². The van der Waals surface area contributed by atoms with Crippen molar-refractivity contribution in [1.82, 2.24) is 0 Å². The molecule has 0 amide bonds. The summed E-state index contributed by atoms with van der Waals surface area (Å²) in [5, 5.41) is 0. The highest BCUT2D eigenvalue weighted by atomic mass is 16.5. The number of benzene rings is 1. The number of esters is 1. The summed E-state index contributed by atoms with van der Waals surface area (Å²) in [4.78, 5) is 13.1. The largest absolute Gasteiger partial charge is 0.497 e. The molecule has 0 aliphatic heterocycles. The number of fused-ring (bicyclic) bond motifs is 1. The molecule has 0 spiro atoms. The Balaban J connectivity index is 1.27. The van der Waals surface area contributed by atoms with Crippen molar-refractivity contribution in [3.63, 3.8) is 0 Å². The van der Waals surface area contributed by atoms with Gasteiger partial charge in [-0.2, -0.15) is 0 Å². The topological polar surface area (TPSA) is 35.5 Å². The fourth-order valence-electron chi connectivity index (χ4n) is 7.19. The van der Waals surface area contributed by atoms with Gasteiger partial charge in [-0.25, -0.2) is 0 Å². The molecule has 0 aromatic heterocycles. The standard InChI is InChI=1S/C29H44O3/c1-3-4-5-7-21-10-12-22(13-11-21)23-14-19-27-24(20-23)8-6-9-28(27)29(30)32-26-17-15-25(31-2)16-18-26/h15-18,21-24,27-28H,3-14,19-20H2,1-2H3. The number of unbranched alkanes of at least 4 members (excludes halogenated alkanes) is 2. The molecule has 178 valence electrons. The first-order chi connectivity index (χ1) is 15.7. The van der Waals surface area contributed by atoms with Crippen LogP contribution in [0.4, 0.5) is 0 Å². The van der Waals surface area contributed by atoms with Crippen molar-refractivity contribution in [1.29, 1.82) is 0 Å². The summed E-state index contributed by atoms with van der Waals surface area (Å²) in [6.07, 6.45) is 18.9. The quantitative estimate of drug-likeness (QED) is 0.235. The van der Waals surface area contributed by atoms with Crippen molar-refractivity contribution in [2.24, 2.45) is 35.5 Å². The normalized spacial score (nSPS) is 32.7. The van der Waals surface area contributed by atoms with Crippen molar-refractivity contribution in [2.75, 3.05) is 7.11 Å². The van der Waals surface area contributed by atoms with Crippen LogP contribution in [0.2, 0.25) is 0 Å². The van der Waals surface area contributed by atoms with Crippen LogP contribution < -0.4 is 9.47 Å². The molecule has 0 heterocycles. The molecule has 3 saturated carbocycles. The van der Waals surface area contributed by atoms with Crippen molar-refractivity contribution in [2.45, 2.75) is 96.8 Å². The third kappa shape index (κ3) is 5.88. The molecule has 4 atom stereocenters. The van der Waals surface area contributed by atoms with Crippen molar-refractivity contribution < 1.29 is 14.3 Å².